The summed E-state index contributed by atoms with van der Waals surface area (Å²) in [5, 5.41) is 28.4. The van der Waals surface area contributed by atoms with E-state index in [1.165, 1.54) is 0 Å². The van der Waals surface area contributed by atoms with Crippen LogP contribution in [0.15, 0.2) is 24.3 Å². The number of hydrogen-bond donors (Lipinski definition) is 5. The molecule has 8 nitrogen and oxygen atoms in total. The number of phenolic OH excluding ortho intramolecular Hbond substituents is 1. The average molecular weight is 1040 g/mol. The van der Waals surface area contributed by atoms with Gasteiger partial charge in [0.25, 0.3) is 0 Å². The number of aliphatic hydroxyl groups excluding tert-OH is 2. The second-order valence-electron chi connectivity index (χ2n) is 7.32. The Kier molecular flexibility index (Phi) is 30.1. The first-order chi connectivity index (χ1) is 17.6. The van der Waals surface area contributed by atoms with Gasteiger partial charge in [-0.3, -0.25) is 4.79 Å². The van der Waals surface area contributed by atoms with Crippen LogP contribution < -0.4 is 15.8 Å². The number of nitrogens with one attached hydrogen (secondary N) is 1. The van der Waals surface area contributed by atoms with Gasteiger partial charge < -0.3 is 35.8 Å². The van der Waals surface area contributed by atoms with Gasteiger partial charge in [-0.2, -0.15) is 0 Å². The maximum Gasteiger partial charge on any atom is 0.323 e. The van der Waals surface area contributed by atoms with Gasteiger partial charge in [0.1, 0.15) is 17.5 Å². The quantitative estimate of drug-likeness (QED) is 0.102. The number of ether oxygens (including phenoxy) is 2. The molecule has 0 aliphatic rings. The second-order valence-corrected chi connectivity index (χ2v) is 12.0. The Labute approximate surface area is 298 Å². The zero-order valence-electron chi connectivity index (χ0n) is 22.0. The summed E-state index contributed by atoms with van der Waals surface area (Å²) in [6, 6.07) is 7.27. The van der Waals surface area contributed by atoms with Crippen molar-refractivity contribution in [2.45, 2.75) is 46.1 Å². The predicted octanol–water partition coefficient (Wildman–Crippen LogP) is 6.25. The second kappa shape index (κ2) is 26.5. The molecule has 0 saturated carbocycles. The summed E-state index contributed by atoms with van der Waals surface area (Å²) in [5.74, 6) is 1.44. The van der Waals surface area contributed by atoms with E-state index in [9.17, 15) is 9.90 Å². The van der Waals surface area contributed by atoms with Crippen LogP contribution in [0.4, 0.5) is 0 Å². The number of esters is 1. The fourth-order valence-corrected chi connectivity index (χ4v) is 6.64. The van der Waals surface area contributed by atoms with Gasteiger partial charge in [-0.05, 0) is 173 Å². The highest BCUT2D eigenvalue weighted by Gasteiger charge is 2.21. The van der Waals surface area contributed by atoms with E-state index in [0.717, 1.165) is 38.4 Å². The van der Waals surface area contributed by atoms with Crippen LogP contribution in [0.25, 0.3) is 0 Å². The summed E-state index contributed by atoms with van der Waals surface area (Å²) in [6.07, 6.45) is 2.36. The van der Waals surface area contributed by atoms with Crippen LogP contribution in [0.1, 0.15) is 39.2 Å². The van der Waals surface area contributed by atoms with Gasteiger partial charge in [0.15, 0.2) is 5.75 Å². The number of carbonyl (C=O) groups excluding carboxylic acids is 1. The van der Waals surface area contributed by atoms with Crippen LogP contribution in [0.2, 0.25) is 0 Å². The lowest BCUT2D eigenvalue weighted by Crippen LogP contribution is -2.40. The van der Waals surface area contributed by atoms with Gasteiger partial charge in [-0.25, -0.2) is 0 Å². The molecule has 0 heterocycles. The number of aromatic hydroxyl groups is 1. The number of hydrogen-bond acceptors (Lipinski definition) is 8. The van der Waals surface area contributed by atoms with Crippen LogP contribution in [0.5, 0.6) is 17.2 Å². The summed E-state index contributed by atoms with van der Waals surface area (Å²) in [6.45, 7) is 7.38. The van der Waals surface area contributed by atoms with Crippen LogP contribution in [0, 0.1) is 14.3 Å². The average Bonchev–Trinajstić information content (AvgIpc) is 2.83. The van der Waals surface area contributed by atoms with E-state index in [4.69, 9.17) is 25.4 Å². The molecule has 0 spiro atoms. The monoisotopic (exact) mass is 1040 g/mol. The molecule has 0 unspecified atom stereocenters. The topological polar surface area (TPSA) is 134 Å². The smallest absolute Gasteiger partial charge is 0.323 e. The fourth-order valence-electron chi connectivity index (χ4n) is 2.81. The van der Waals surface area contributed by atoms with Crippen molar-refractivity contribution < 1.29 is 29.6 Å². The Balaban J connectivity index is -0.00000148. The van der Waals surface area contributed by atoms with E-state index in [0.29, 0.717) is 31.9 Å². The largest absolute Gasteiger partial charge is 0.506 e. The summed E-state index contributed by atoms with van der Waals surface area (Å²) in [7, 11) is 0. The lowest BCUT2D eigenvalue weighted by Gasteiger charge is -2.19. The molecule has 6 N–H and O–H groups in total. The molecule has 0 bridgehead atoms. The molecule has 226 valence electrons. The molecular weight excluding hydrogens is 1000 g/mol. The van der Waals surface area contributed by atoms with E-state index < -0.39 is 6.04 Å². The number of nitrogens with two attached hydrogens (primary N) is 1. The summed E-state index contributed by atoms with van der Waals surface area (Å²) in [5.41, 5.74) is 6.58. The summed E-state index contributed by atoms with van der Waals surface area (Å²) in [4.78, 5) is 12.4. The lowest BCUT2D eigenvalue weighted by atomic mass is 10.1. The zero-order valence-corrected chi connectivity index (χ0v) is 32.3. The minimum Gasteiger partial charge on any atom is -0.506 e. The summed E-state index contributed by atoms with van der Waals surface area (Å²) >= 11 is 8.67. The van der Waals surface area contributed by atoms with Gasteiger partial charge in [0.2, 0.25) is 0 Å². The number of carbonyl (C=O) groups is 1. The molecule has 0 radical (unpaired) electrons. The number of unbranched alkanes of at least 4 members (excludes halogenated alkanes) is 1. The van der Waals surface area contributed by atoms with E-state index in [1.807, 2.05) is 19.1 Å². The minimum atomic E-state index is -0.406. The lowest BCUT2D eigenvalue weighted by molar-refractivity contribution is -0.145. The number of halogens is 6. The molecular formula is C25H38Cl2I4N2O6. The maximum absolute atomic E-state index is 12.4. The Hall–Kier alpha value is 0.850. The number of phenols is 1. The van der Waals surface area contributed by atoms with Gasteiger partial charge >= 0.3 is 5.97 Å². The first-order valence-electron chi connectivity index (χ1n) is 11.7. The standard InChI is InChI=1S/C21H24I4N2O4.2C2H6O.2ClH/c1-2-30-21(29)18(27-6-4-3-5-26)9-12-7-16(24)20(17(25)8-12)31-13-10-14(22)19(28)15(23)11-13;2*1-2-3;;/h7-8,10-11,18,27-28H,2-6,9,26H2,1H3;2*3H,2H2,1H3;2*1H/t18-;;;;/m0..../s1. The number of rotatable bonds is 11. The first kappa shape index (κ1) is 44.3. The Morgan fingerprint density at radius 3 is 1.85 bits per heavy atom. The molecule has 14 heteroatoms. The molecule has 0 fully saturated rings. The molecule has 2 aromatic carbocycles. The van der Waals surface area contributed by atoms with Crippen molar-refractivity contribution in [1.82, 2.24) is 5.32 Å². The van der Waals surface area contributed by atoms with E-state index in [-0.39, 0.29) is 49.7 Å². The summed E-state index contributed by atoms with van der Waals surface area (Å²) < 4.78 is 14.8. The Morgan fingerprint density at radius 1 is 0.923 bits per heavy atom. The molecule has 2 aromatic rings. The highest BCUT2D eigenvalue weighted by atomic mass is 127. The highest BCUT2D eigenvalue weighted by molar-refractivity contribution is 14.1. The molecule has 0 saturated heterocycles. The minimum absolute atomic E-state index is 0. The molecule has 0 aromatic heterocycles. The zero-order chi connectivity index (χ0) is 28.4. The Bertz CT molecular complexity index is 913. The van der Waals surface area contributed by atoms with E-state index in [1.54, 1.807) is 26.0 Å². The maximum atomic E-state index is 12.4. The van der Waals surface area contributed by atoms with Gasteiger partial charge in [0, 0.05) is 13.2 Å². The molecule has 39 heavy (non-hydrogen) atoms. The number of aliphatic hydroxyl groups is 2. The van der Waals surface area contributed by atoms with Crippen LogP contribution in [-0.4, -0.2) is 60.2 Å². The van der Waals surface area contributed by atoms with Crippen LogP contribution in [-0.2, 0) is 16.0 Å². The predicted molar refractivity (Wildman–Crippen MR) is 196 cm³/mol. The van der Waals surface area contributed by atoms with Crippen molar-refractivity contribution in [3.63, 3.8) is 0 Å². The molecule has 2 rings (SSSR count). The Morgan fingerprint density at radius 2 is 1.41 bits per heavy atom. The third-order valence-electron chi connectivity index (χ3n) is 4.30. The van der Waals surface area contributed by atoms with Crippen molar-refractivity contribution in [3.05, 3.63) is 44.1 Å². The van der Waals surface area contributed by atoms with Crippen molar-refractivity contribution in [2.24, 2.45) is 5.73 Å². The van der Waals surface area contributed by atoms with Crippen molar-refractivity contribution in [3.8, 4) is 17.2 Å². The number of benzene rings is 2. The van der Waals surface area contributed by atoms with Crippen molar-refractivity contribution >= 4 is 121 Å². The van der Waals surface area contributed by atoms with Crippen LogP contribution >= 0.6 is 115 Å². The molecule has 0 aliphatic heterocycles. The third-order valence-corrected chi connectivity index (χ3v) is 7.55. The normalized spacial score (nSPS) is 10.4. The fraction of sp³-hybridized carbons (Fsp3) is 0.480. The highest BCUT2D eigenvalue weighted by Crippen LogP contribution is 2.37. The molecule has 0 amide bonds. The SMILES string of the molecule is CCO.CCO.CCOC(=O)[C@H](Cc1cc(I)c(Oc2cc(I)c(O)c(I)c2)c(I)c1)NCCCCN.Cl.Cl. The molecule has 1 atom stereocenters. The molecule has 0 aliphatic carbocycles. The first-order valence-corrected chi connectivity index (χ1v) is 16.1. The van der Waals surface area contributed by atoms with Crippen molar-refractivity contribution in [2.75, 3.05) is 32.9 Å². The van der Waals surface area contributed by atoms with Gasteiger partial charge in [-0.15, -0.1) is 24.8 Å². The van der Waals surface area contributed by atoms with Gasteiger partial charge in [-0.1, -0.05) is 0 Å². The van der Waals surface area contributed by atoms with Crippen LogP contribution in [0.3, 0.4) is 0 Å². The van der Waals surface area contributed by atoms with E-state index in [2.05, 4.69) is 95.7 Å². The van der Waals surface area contributed by atoms with Gasteiger partial charge in [0.05, 0.1) is 20.9 Å². The third kappa shape index (κ3) is 18.2. The van der Waals surface area contributed by atoms with E-state index >= 15 is 0 Å². The van der Waals surface area contributed by atoms with Crippen molar-refractivity contribution in [1.29, 1.82) is 0 Å².